The number of amides is 1. The lowest BCUT2D eigenvalue weighted by molar-refractivity contribution is -0.119. The molecule has 2 aromatic rings. The molecule has 0 saturated heterocycles. The van der Waals surface area contributed by atoms with Gasteiger partial charge in [0.15, 0.2) is 6.61 Å². The minimum atomic E-state index is -0.533. The van der Waals surface area contributed by atoms with Crippen LogP contribution in [-0.4, -0.2) is 17.6 Å². The van der Waals surface area contributed by atoms with E-state index in [1.54, 1.807) is 36.4 Å². The Labute approximate surface area is 127 Å². The lowest BCUT2D eigenvalue weighted by Gasteiger charge is -2.11. The lowest BCUT2D eigenvalue weighted by Crippen LogP contribution is -2.20. The number of hydrogen-bond acceptors (Lipinski definition) is 4. The number of primary amides is 1. The average molecular weight is 307 g/mol. The van der Waals surface area contributed by atoms with Crippen molar-refractivity contribution < 1.29 is 14.6 Å². The molecular weight excluding hydrogens is 292 g/mol. The van der Waals surface area contributed by atoms with Crippen molar-refractivity contribution in [3.05, 3.63) is 53.1 Å². The zero-order chi connectivity index (χ0) is 15.2. The van der Waals surface area contributed by atoms with Crippen LogP contribution >= 0.6 is 11.6 Å². The van der Waals surface area contributed by atoms with Crippen LogP contribution in [-0.2, 0) is 11.3 Å². The molecule has 110 valence electrons. The zero-order valence-corrected chi connectivity index (χ0v) is 11.9. The van der Waals surface area contributed by atoms with Gasteiger partial charge in [-0.2, -0.15) is 0 Å². The van der Waals surface area contributed by atoms with E-state index in [0.717, 1.165) is 5.69 Å². The van der Waals surface area contributed by atoms with Crippen LogP contribution < -0.4 is 15.8 Å². The number of phenols is 1. The van der Waals surface area contributed by atoms with Gasteiger partial charge in [0.25, 0.3) is 5.91 Å². The second kappa shape index (κ2) is 6.85. The standard InChI is InChI=1S/C15H15ClN2O3/c16-13-5-2-6-14(19)12(13)8-18-10-3-1-4-11(7-10)21-9-15(17)20/h1-7,18-19H,8-9H2,(H2,17,20). The smallest absolute Gasteiger partial charge is 0.255 e. The summed E-state index contributed by atoms with van der Waals surface area (Å²) in [6.45, 7) is 0.194. The number of halogens is 1. The van der Waals surface area contributed by atoms with E-state index in [1.165, 1.54) is 0 Å². The van der Waals surface area contributed by atoms with E-state index in [2.05, 4.69) is 5.32 Å². The summed E-state index contributed by atoms with van der Waals surface area (Å²) in [6.07, 6.45) is 0. The first-order chi connectivity index (χ1) is 10.1. The molecule has 0 aliphatic rings. The van der Waals surface area contributed by atoms with Crippen molar-refractivity contribution in [1.29, 1.82) is 0 Å². The van der Waals surface area contributed by atoms with Gasteiger partial charge in [-0.05, 0) is 24.3 Å². The van der Waals surface area contributed by atoms with Crippen molar-refractivity contribution in [2.24, 2.45) is 5.73 Å². The van der Waals surface area contributed by atoms with Gasteiger partial charge in [0.1, 0.15) is 11.5 Å². The van der Waals surface area contributed by atoms with E-state index in [1.807, 2.05) is 6.07 Å². The number of rotatable bonds is 6. The number of aromatic hydroxyl groups is 1. The second-order valence-corrected chi connectivity index (χ2v) is 4.78. The Bertz CT molecular complexity index is 626. The van der Waals surface area contributed by atoms with Gasteiger partial charge in [0, 0.05) is 28.9 Å². The summed E-state index contributed by atoms with van der Waals surface area (Å²) < 4.78 is 5.22. The highest BCUT2D eigenvalue weighted by molar-refractivity contribution is 6.31. The molecule has 21 heavy (non-hydrogen) atoms. The van der Waals surface area contributed by atoms with Crippen molar-refractivity contribution in [2.45, 2.75) is 6.54 Å². The van der Waals surface area contributed by atoms with Crippen LogP contribution in [0.4, 0.5) is 5.69 Å². The molecule has 0 atom stereocenters. The molecule has 0 aliphatic heterocycles. The van der Waals surface area contributed by atoms with Gasteiger partial charge in [-0.3, -0.25) is 4.79 Å². The zero-order valence-electron chi connectivity index (χ0n) is 11.2. The second-order valence-electron chi connectivity index (χ2n) is 4.37. The summed E-state index contributed by atoms with van der Waals surface area (Å²) in [7, 11) is 0. The quantitative estimate of drug-likeness (QED) is 0.765. The summed E-state index contributed by atoms with van der Waals surface area (Å²) in [5.41, 5.74) is 6.41. The number of nitrogens with one attached hydrogen (secondary N) is 1. The van der Waals surface area contributed by atoms with Crippen LogP contribution in [0.5, 0.6) is 11.5 Å². The molecular formula is C15H15ClN2O3. The normalized spacial score (nSPS) is 10.1. The molecule has 0 aromatic heterocycles. The van der Waals surface area contributed by atoms with E-state index < -0.39 is 5.91 Å². The van der Waals surface area contributed by atoms with E-state index in [0.29, 0.717) is 22.9 Å². The maximum atomic E-state index is 10.7. The van der Waals surface area contributed by atoms with E-state index in [4.69, 9.17) is 22.1 Å². The minimum absolute atomic E-state index is 0.135. The van der Waals surface area contributed by atoms with E-state index in [9.17, 15) is 9.90 Å². The minimum Gasteiger partial charge on any atom is -0.508 e. The molecule has 4 N–H and O–H groups in total. The van der Waals surface area contributed by atoms with Crippen LogP contribution in [0.3, 0.4) is 0 Å². The number of hydrogen-bond donors (Lipinski definition) is 3. The lowest BCUT2D eigenvalue weighted by atomic mass is 10.2. The Morgan fingerprint density at radius 2 is 2.05 bits per heavy atom. The largest absolute Gasteiger partial charge is 0.508 e. The van der Waals surface area contributed by atoms with Crippen LogP contribution in [0.2, 0.25) is 5.02 Å². The topological polar surface area (TPSA) is 84.6 Å². The van der Waals surface area contributed by atoms with Gasteiger partial charge in [0.05, 0.1) is 0 Å². The van der Waals surface area contributed by atoms with Crippen LogP contribution in [0.15, 0.2) is 42.5 Å². The molecule has 2 rings (SSSR count). The van der Waals surface area contributed by atoms with E-state index in [-0.39, 0.29) is 12.4 Å². The Morgan fingerprint density at radius 1 is 1.29 bits per heavy atom. The van der Waals surface area contributed by atoms with Gasteiger partial charge in [-0.25, -0.2) is 0 Å². The number of anilines is 1. The Kier molecular flexibility index (Phi) is 4.90. The fourth-order valence-corrected chi connectivity index (χ4v) is 2.00. The van der Waals surface area contributed by atoms with Crippen LogP contribution in [0, 0.1) is 0 Å². The maximum absolute atomic E-state index is 10.7. The molecule has 5 nitrogen and oxygen atoms in total. The first-order valence-electron chi connectivity index (χ1n) is 6.27. The van der Waals surface area contributed by atoms with Crippen molar-refractivity contribution in [3.63, 3.8) is 0 Å². The van der Waals surface area contributed by atoms with Gasteiger partial charge in [-0.1, -0.05) is 23.7 Å². The molecule has 0 spiro atoms. The fraction of sp³-hybridized carbons (Fsp3) is 0.133. The molecule has 0 heterocycles. The predicted octanol–water partition coefficient (Wildman–Crippen LogP) is 2.52. The summed E-state index contributed by atoms with van der Waals surface area (Å²) in [6, 6.07) is 12.0. The van der Waals surface area contributed by atoms with Crippen molar-refractivity contribution in [2.75, 3.05) is 11.9 Å². The van der Waals surface area contributed by atoms with Crippen LogP contribution in [0.25, 0.3) is 0 Å². The number of phenolic OH excluding ortho intramolecular Hbond substituents is 1. The third-order valence-corrected chi connectivity index (χ3v) is 3.13. The molecule has 6 heteroatoms. The molecule has 0 saturated carbocycles. The first-order valence-corrected chi connectivity index (χ1v) is 6.65. The monoisotopic (exact) mass is 306 g/mol. The fourth-order valence-electron chi connectivity index (χ4n) is 1.76. The SMILES string of the molecule is NC(=O)COc1cccc(NCc2c(O)cccc2Cl)c1. The maximum Gasteiger partial charge on any atom is 0.255 e. The number of nitrogens with two attached hydrogens (primary N) is 1. The molecule has 0 fully saturated rings. The molecule has 0 aliphatic carbocycles. The molecule has 0 radical (unpaired) electrons. The highest BCUT2D eigenvalue weighted by Crippen LogP contribution is 2.26. The third kappa shape index (κ3) is 4.29. The summed E-state index contributed by atoms with van der Waals surface area (Å²) in [5, 5.41) is 13.4. The Balaban J connectivity index is 2.03. The van der Waals surface area contributed by atoms with Crippen molar-refractivity contribution in [3.8, 4) is 11.5 Å². The van der Waals surface area contributed by atoms with Gasteiger partial charge < -0.3 is 20.9 Å². The number of ether oxygens (including phenoxy) is 1. The predicted molar refractivity (Wildman–Crippen MR) is 81.6 cm³/mol. The summed E-state index contributed by atoms with van der Waals surface area (Å²) >= 11 is 6.04. The first kappa shape index (κ1) is 15.0. The number of carbonyl (C=O) groups excluding carboxylic acids is 1. The molecule has 2 aromatic carbocycles. The third-order valence-electron chi connectivity index (χ3n) is 2.78. The highest BCUT2D eigenvalue weighted by Gasteiger charge is 2.06. The Hall–Kier alpha value is -2.40. The summed E-state index contributed by atoms with van der Waals surface area (Å²) in [5.74, 6) is 0.132. The van der Waals surface area contributed by atoms with Gasteiger partial charge >= 0.3 is 0 Å². The van der Waals surface area contributed by atoms with Crippen molar-refractivity contribution >= 4 is 23.2 Å². The Morgan fingerprint density at radius 3 is 2.76 bits per heavy atom. The van der Waals surface area contributed by atoms with Crippen LogP contribution in [0.1, 0.15) is 5.56 Å². The number of carbonyl (C=O) groups is 1. The van der Waals surface area contributed by atoms with Crippen molar-refractivity contribution in [1.82, 2.24) is 0 Å². The summed E-state index contributed by atoms with van der Waals surface area (Å²) in [4.78, 5) is 10.7. The highest BCUT2D eigenvalue weighted by atomic mass is 35.5. The molecule has 0 bridgehead atoms. The number of benzene rings is 2. The molecule has 1 amide bonds. The molecule has 0 unspecified atom stereocenters. The van der Waals surface area contributed by atoms with Gasteiger partial charge in [-0.15, -0.1) is 0 Å². The van der Waals surface area contributed by atoms with E-state index >= 15 is 0 Å². The van der Waals surface area contributed by atoms with Gasteiger partial charge in [0.2, 0.25) is 0 Å². The average Bonchev–Trinajstić information content (AvgIpc) is 2.45.